The maximum absolute atomic E-state index is 16.0. The van der Waals surface area contributed by atoms with Crippen molar-refractivity contribution in [3.8, 4) is 80.1 Å². The average molecular weight is 1280 g/mol. The van der Waals surface area contributed by atoms with Gasteiger partial charge in [-0.25, -0.2) is 0 Å². The molecule has 17 bridgehead atoms. The van der Waals surface area contributed by atoms with E-state index < -0.39 is 118 Å². The fourth-order valence-electron chi connectivity index (χ4n) is 10.9. The number of hydrogen-bond donors (Lipinski definition) is 15. The quantitative estimate of drug-likeness (QED) is 0.0967. The zero-order chi connectivity index (χ0) is 64.7. The maximum Gasteiger partial charge on any atom is 0.248 e. The SMILES string of the molecule is CNC(=O)[C@H]1NC(=O)[C@H]2NC(=O)[C@H](NC(=O)[C@@H]3NC(=O)[C@H]4NC(=O)[C@@H](Cc5ccc(c(Cl)c5)Oc5cc3cc(c5OCCCCN)Oc3ccc(cc3Cl)[C@H]2O)NC(=O)[C@@H](N)c2ccc(O)c(c2)Oc2cc(O)cc4c2)c2ccc(O)c(c2)-c2c(O)cc(O)cc21. The molecule has 0 aliphatic carbocycles. The Labute approximate surface area is 526 Å². The molecule has 7 aromatic carbocycles. The van der Waals surface area contributed by atoms with Crippen molar-refractivity contribution in [1.29, 1.82) is 0 Å². The zero-order valence-corrected chi connectivity index (χ0v) is 49.2. The van der Waals surface area contributed by atoms with E-state index in [1.807, 2.05) is 0 Å². The molecular weight excluding hydrogens is 1230 g/mol. The average Bonchev–Trinajstić information content (AvgIpc) is 0.839. The maximum atomic E-state index is 16.0. The fraction of sp³-hybridized carbons (Fsp3) is 0.222. The van der Waals surface area contributed by atoms with Crippen LogP contribution < -0.4 is 67.6 Å². The predicted octanol–water partition coefficient (Wildman–Crippen LogP) is 5.06. The number of aliphatic hydroxyl groups excluding tert-OH is 1. The first-order valence-electron chi connectivity index (χ1n) is 28.2. The second kappa shape index (κ2) is 25.5. The van der Waals surface area contributed by atoms with E-state index in [1.54, 1.807) is 0 Å². The van der Waals surface area contributed by atoms with Crippen LogP contribution in [0.4, 0.5) is 0 Å². The number of unbranched alkanes of at least 4 members (excludes halogenated alkanes) is 1. The number of amides is 7. The van der Waals surface area contributed by atoms with Crippen molar-refractivity contribution in [2.24, 2.45) is 11.5 Å². The van der Waals surface area contributed by atoms with Gasteiger partial charge in [-0.05, 0) is 137 Å². The minimum atomic E-state index is -2.11. The number of nitrogens with two attached hydrogens (primary N) is 2. The van der Waals surface area contributed by atoms with Gasteiger partial charge in [0.2, 0.25) is 47.1 Å². The standard InChI is InChI=1S/C63H57Cl2N9O17/c1-68-59(83)53-36-24-33(76)25-42(79)48(36)35-18-28(6-8-40(35)77)50-60(84)74-54(63(87)73-53)55(80)29-7-11-44(38(65)19-29)91-47-22-31-21-46(56(47)88-13-3-2-12-66)90-43-10-4-26(14-37(43)64)15-39-57(81)70-51(61(85)72-52(31)62(86)71-50)30-16-32(75)23-34(17-30)89-45-20-27(5-9-41(45)78)49(67)58(82)69-39/h4-11,14,16-25,39,49-55,75-80H,2-3,12-13,15,66-67H2,1H3,(H,68,83)(H,69,82)(H,70,81)(H,71,86)(H,72,85)(H,73,87)(H,74,84)/t39-,49+,50-,51+,52-,53+,54+,55-/m1/s1. The smallest absolute Gasteiger partial charge is 0.248 e. The van der Waals surface area contributed by atoms with E-state index in [2.05, 4.69) is 37.2 Å². The number of ether oxygens (including phenoxy) is 4. The lowest BCUT2D eigenvalue weighted by molar-refractivity contribution is -0.137. The van der Waals surface area contributed by atoms with Gasteiger partial charge in [-0.15, -0.1) is 0 Å². The molecule has 91 heavy (non-hydrogen) atoms. The van der Waals surface area contributed by atoms with Crippen molar-refractivity contribution >= 4 is 64.6 Å². The van der Waals surface area contributed by atoms with Crippen molar-refractivity contribution in [3.63, 3.8) is 0 Å². The van der Waals surface area contributed by atoms with E-state index in [0.29, 0.717) is 18.4 Å². The molecule has 13 rings (SSSR count). The van der Waals surface area contributed by atoms with Crippen LogP contribution in [0, 0.1) is 0 Å². The number of carbonyl (C=O) groups excluding carboxylic acids is 7. The molecule has 6 heterocycles. The Balaban J connectivity index is 1.17. The van der Waals surface area contributed by atoms with Crippen LogP contribution in [0.15, 0.2) is 115 Å². The number of fused-ring (bicyclic) bond motifs is 14. The number of nitrogens with one attached hydrogen (secondary N) is 7. The Morgan fingerprint density at radius 3 is 1.86 bits per heavy atom. The van der Waals surface area contributed by atoms with Gasteiger partial charge in [0.1, 0.15) is 88.6 Å². The van der Waals surface area contributed by atoms with Gasteiger partial charge >= 0.3 is 0 Å². The molecule has 0 saturated heterocycles. The van der Waals surface area contributed by atoms with Gasteiger partial charge in [-0.3, -0.25) is 33.6 Å². The number of aromatic hydroxyl groups is 5. The number of benzene rings is 7. The summed E-state index contributed by atoms with van der Waals surface area (Å²) in [5, 5.41) is 86.5. The monoisotopic (exact) mass is 1280 g/mol. The Bertz CT molecular complexity index is 4150. The second-order valence-corrected chi connectivity index (χ2v) is 22.5. The lowest BCUT2D eigenvalue weighted by Crippen LogP contribution is -2.55. The fourth-order valence-corrected chi connectivity index (χ4v) is 11.4. The van der Waals surface area contributed by atoms with Crippen molar-refractivity contribution in [2.45, 2.75) is 67.7 Å². The summed E-state index contributed by atoms with van der Waals surface area (Å²) in [6, 6.07) is 10.3. The summed E-state index contributed by atoms with van der Waals surface area (Å²) in [7, 11) is 1.23. The molecule has 6 aliphatic heterocycles. The third-order valence-electron chi connectivity index (χ3n) is 15.5. The van der Waals surface area contributed by atoms with Gasteiger partial charge in [-0.1, -0.05) is 47.5 Å². The molecule has 0 fully saturated rings. The van der Waals surface area contributed by atoms with E-state index in [1.165, 1.54) is 85.9 Å². The largest absolute Gasteiger partial charge is 0.508 e. The zero-order valence-electron chi connectivity index (χ0n) is 47.7. The molecule has 6 aliphatic rings. The number of likely N-dealkylation sites (N-methyl/N-ethyl adjacent to an activating group) is 1. The minimum Gasteiger partial charge on any atom is -0.508 e. The number of carbonyl (C=O) groups is 7. The molecule has 7 amide bonds. The highest BCUT2D eigenvalue weighted by atomic mass is 35.5. The first kappa shape index (κ1) is 62.1. The van der Waals surface area contributed by atoms with Crippen LogP contribution in [-0.2, 0) is 40.0 Å². The van der Waals surface area contributed by atoms with Gasteiger partial charge in [0.25, 0.3) is 0 Å². The van der Waals surface area contributed by atoms with E-state index in [9.17, 15) is 45.0 Å². The number of hydrogen-bond acceptors (Lipinski definition) is 19. The van der Waals surface area contributed by atoms with Gasteiger partial charge < -0.3 is 98.3 Å². The van der Waals surface area contributed by atoms with Crippen LogP contribution in [0.5, 0.6) is 69.0 Å². The first-order chi connectivity index (χ1) is 43.5. The lowest BCUT2D eigenvalue weighted by atomic mass is 9.89. The van der Waals surface area contributed by atoms with Crippen molar-refractivity contribution < 1.29 is 83.1 Å². The molecule has 0 radical (unpaired) electrons. The molecule has 26 nitrogen and oxygen atoms in total. The number of aliphatic hydroxyl groups is 1. The molecular formula is C63H57Cl2N9O17. The summed E-state index contributed by atoms with van der Waals surface area (Å²) >= 11 is 14.1. The Morgan fingerprint density at radius 1 is 0.571 bits per heavy atom. The van der Waals surface area contributed by atoms with Crippen LogP contribution in [0.2, 0.25) is 10.0 Å². The molecule has 8 atom stereocenters. The molecule has 17 N–H and O–H groups in total. The third-order valence-corrected chi connectivity index (χ3v) is 16.1. The highest BCUT2D eigenvalue weighted by molar-refractivity contribution is 6.32. The Kier molecular flexibility index (Phi) is 17.4. The van der Waals surface area contributed by atoms with E-state index in [0.717, 1.165) is 36.4 Å². The van der Waals surface area contributed by atoms with E-state index >= 15 is 19.2 Å². The summed E-state index contributed by atoms with van der Waals surface area (Å²) in [6.07, 6.45) is -1.49. The normalized spacial score (nSPS) is 21.3. The number of phenols is 5. The number of halogens is 2. The summed E-state index contributed by atoms with van der Waals surface area (Å²) < 4.78 is 25.6. The first-order valence-corrected chi connectivity index (χ1v) is 29.0. The minimum absolute atomic E-state index is 0.0211. The summed E-state index contributed by atoms with van der Waals surface area (Å²) in [5.41, 5.74) is 11.1. The van der Waals surface area contributed by atoms with Crippen molar-refractivity contribution in [2.75, 3.05) is 20.2 Å². The van der Waals surface area contributed by atoms with Crippen LogP contribution in [-0.4, -0.2) is 104 Å². The van der Waals surface area contributed by atoms with Gasteiger partial charge in [0.15, 0.2) is 23.0 Å². The predicted molar refractivity (Wildman–Crippen MR) is 323 cm³/mol. The van der Waals surface area contributed by atoms with Crippen molar-refractivity contribution in [1.82, 2.24) is 37.2 Å². The number of rotatable bonds is 6. The van der Waals surface area contributed by atoms with Gasteiger partial charge in [-0.2, -0.15) is 0 Å². The van der Waals surface area contributed by atoms with Gasteiger partial charge in [0.05, 0.1) is 16.7 Å². The molecule has 470 valence electrons. The summed E-state index contributed by atoms with van der Waals surface area (Å²) in [5.74, 6) is -11.9. The molecule has 0 unspecified atom stereocenters. The third kappa shape index (κ3) is 12.7. The molecule has 0 aromatic heterocycles. The van der Waals surface area contributed by atoms with Crippen LogP contribution in [0.1, 0.15) is 88.1 Å². The van der Waals surface area contributed by atoms with Crippen molar-refractivity contribution in [3.05, 3.63) is 164 Å². The lowest BCUT2D eigenvalue weighted by Gasteiger charge is -2.31. The number of phenolic OH excluding ortho intramolecular Hbond substituents is 5. The highest BCUT2D eigenvalue weighted by Crippen LogP contribution is 2.49. The Morgan fingerprint density at radius 2 is 1.18 bits per heavy atom. The van der Waals surface area contributed by atoms with Crippen LogP contribution >= 0.6 is 23.2 Å². The molecule has 28 heteroatoms. The van der Waals surface area contributed by atoms with E-state index in [4.69, 9.17) is 53.6 Å². The molecule has 0 spiro atoms. The molecule has 0 saturated carbocycles. The van der Waals surface area contributed by atoms with Gasteiger partial charge in [0, 0.05) is 36.7 Å². The summed E-state index contributed by atoms with van der Waals surface area (Å²) in [4.78, 5) is 105. The second-order valence-electron chi connectivity index (χ2n) is 21.7. The van der Waals surface area contributed by atoms with Crippen LogP contribution in [0.3, 0.4) is 0 Å². The Hall–Kier alpha value is -10.5. The van der Waals surface area contributed by atoms with Crippen LogP contribution in [0.25, 0.3) is 11.1 Å². The topological polar surface area (TPSA) is 414 Å². The summed E-state index contributed by atoms with van der Waals surface area (Å²) in [6.45, 7) is 0.267. The van der Waals surface area contributed by atoms with E-state index in [-0.39, 0.29) is 114 Å². The molecule has 7 aromatic rings. The highest BCUT2D eigenvalue weighted by Gasteiger charge is 2.41.